The van der Waals surface area contributed by atoms with E-state index in [1.165, 1.54) is 25.7 Å². The van der Waals surface area contributed by atoms with Gasteiger partial charge in [0.05, 0.1) is 13.2 Å². The third-order valence-electron chi connectivity index (χ3n) is 4.74. The maximum absolute atomic E-state index is 12.7. The maximum Gasteiger partial charge on any atom is 0.164 e. The van der Waals surface area contributed by atoms with E-state index in [0.29, 0.717) is 6.42 Å². The fourth-order valence-corrected chi connectivity index (χ4v) is 4.54. The fraction of sp³-hybridized carbons (Fsp3) is 0.350. The van der Waals surface area contributed by atoms with E-state index in [-0.39, 0.29) is 5.78 Å². The topological polar surface area (TPSA) is 29.5 Å². The number of fused-ring (bicyclic) bond motifs is 3. The minimum atomic E-state index is 0.238. The van der Waals surface area contributed by atoms with Gasteiger partial charge in [-0.1, -0.05) is 18.2 Å². The molecule has 0 bridgehead atoms. The predicted molar refractivity (Wildman–Crippen MR) is 100 cm³/mol. The molecule has 0 saturated carbocycles. The van der Waals surface area contributed by atoms with Crippen LogP contribution in [0.3, 0.4) is 0 Å². The van der Waals surface area contributed by atoms with Crippen LogP contribution in [0.2, 0.25) is 0 Å². The number of carbonyl (C=O) groups is 1. The summed E-state index contributed by atoms with van der Waals surface area (Å²) in [5.41, 5.74) is 2.04. The minimum absolute atomic E-state index is 0.238. The molecule has 1 aromatic heterocycles. The summed E-state index contributed by atoms with van der Waals surface area (Å²) >= 11 is 1.81. The monoisotopic (exact) mass is 339 g/mol. The highest BCUT2D eigenvalue weighted by molar-refractivity contribution is 7.26. The summed E-state index contributed by atoms with van der Waals surface area (Å²) in [6.07, 6.45) is 0.576. The lowest BCUT2D eigenvalue weighted by molar-refractivity contribution is 0.0370. The van der Waals surface area contributed by atoms with Crippen molar-refractivity contribution < 1.29 is 9.53 Å². The van der Waals surface area contributed by atoms with Crippen molar-refractivity contribution in [3.8, 4) is 0 Å². The van der Waals surface area contributed by atoms with Gasteiger partial charge in [-0.15, -0.1) is 11.3 Å². The molecule has 124 valence electrons. The van der Waals surface area contributed by atoms with E-state index in [1.54, 1.807) is 0 Å². The number of morpholine rings is 1. The Hall–Kier alpha value is -1.75. The fourth-order valence-electron chi connectivity index (χ4n) is 3.39. The lowest BCUT2D eigenvalue weighted by Gasteiger charge is -2.26. The number of thiophene rings is 1. The molecule has 2 aromatic carbocycles. The highest BCUT2D eigenvalue weighted by Gasteiger charge is 2.15. The Bertz CT molecular complexity index is 893. The predicted octanol–water partition coefficient (Wildman–Crippen LogP) is 4.27. The van der Waals surface area contributed by atoms with Crippen LogP contribution in [0, 0.1) is 6.92 Å². The molecular formula is C20H21NO2S. The van der Waals surface area contributed by atoms with Gasteiger partial charge in [-0.2, -0.15) is 0 Å². The standard InChI is InChI=1S/C20H21NO2S/c1-14-12-15(18(22)6-7-21-8-10-23-11-9-21)13-17-16-4-2-3-5-19(16)24-20(14)17/h2-5,12-13H,6-11H2,1H3. The Morgan fingerprint density at radius 3 is 2.79 bits per heavy atom. The van der Waals surface area contributed by atoms with Crippen LogP contribution >= 0.6 is 11.3 Å². The number of Topliss-reactive ketones (excluding diaryl/α,β-unsaturated/α-hetero) is 1. The van der Waals surface area contributed by atoms with Crippen molar-refractivity contribution in [2.75, 3.05) is 32.8 Å². The average Bonchev–Trinajstić information content (AvgIpc) is 3.00. The number of ether oxygens (including phenoxy) is 1. The van der Waals surface area contributed by atoms with Crippen LogP contribution in [-0.4, -0.2) is 43.5 Å². The van der Waals surface area contributed by atoms with E-state index >= 15 is 0 Å². The maximum atomic E-state index is 12.7. The highest BCUT2D eigenvalue weighted by Crippen LogP contribution is 2.36. The van der Waals surface area contributed by atoms with E-state index in [1.807, 2.05) is 11.3 Å². The van der Waals surface area contributed by atoms with Crippen molar-refractivity contribution in [1.82, 2.24) is 4.90 Å². The zero-order valence-electron chi connectivity index (χ0n) is 13.9. The molecule has 0 aliphatic carbocycles. The largest absolute Gasteiger partial charge is 0.379 e. The summed E-state index contributed by atoms with van der Waals surface area (Å²) in [6, 6.07) is 12.6. The summed E-state index contributed by atoms with van der Waals surface area (Å²) in [4.78, 5) is 15.0. The van der Waals surface area contributed by atoms with Gasteiger partial charge in [0, 0.05) is 51.8 Å². The van der Waals surface area contributed by atoms with Crippen LogP contribution < -0.4 is 0 Å². The van der Waals surface area contributed by atoms with Crippen LogP contribution in [0.5, 0.6) is 0 Å². The molecule has 24 heavy (non-hydrogen) atoms. The van der Waals surface area contributed by atoms with Crippen LogP contribution in [0.15, 0.2) is 36.4 Å². The van der Waals surface area contributed by atoms with Gasteiger partial charge in [-0.05, 0) is 30.7 Å². The number of nitrogens with zero attached hydrogens (tertiary/aromatic N) is 1. The zero-order valence-corrected chi connectivity index (χ0v) is 14.7. The molecule has 4 heteroatoms. The van der Waals surface area contributed by atoms with Gasteiger partial charge in [0.1, 0.15) is 0 Å². The number of hydrogen-bond acceptors (Lipinski definition) is 4. The summed E-state index contributed by atoms with van der Waals surface area (Å²) in [5, 5.41) is 2.47. The van der Waals surface area contributed by atoms with Crippen molar-refractivity contribution in [3.63, 3.8) is 0 Å². The second-order valence-corrected chi connectivity index (χ2v) is 7.45. The van der Waals surface area contributed by atoms with Crippen molar-refractivity contribution in [3.05, 3.63) is 47.5 Å². The average molecular weight is 339 g/mol. The molecule has 3 nitrogen and oxygen atoms in total. The Morgan fingerprint density at radius 1 is 1.17 bits per heavy atom. The molecule has 0 N–H and O–H groups in total. The summed E-state index contributed by atoms with van der Waals surface area (Å²) in [7, 11) is 0. The molecule has 1 saturated heterocycles. The number of carbonyl (C=O) groups excluding carboxylic acids is 1. The second kappa shape index (κ2) is 6.63. The number of ketones is 1. The Kier molecular flexibility index (Phi) is 4.35. The normalized spacial score (nSPS) is 16.0. The van der Waals surface area contributed by atoms with Crippen LogP contribution in [-0.2, 0) is 4.74 Å². The highest BCUT2D eigenvalue weighted by atomic mass is 32.1. The van der Waals surface area contributed by atoms with Crippen LogP contribution in [0.1, 0.15) is 22.3 Å². The van der Waals surface area contributed by atoms with Gasteiger partial charge >= 0.3 is 0 Å². The Balaban J connectivity index is 1.61. The first-order valence-corrected chi connectivity index (χ1v) is 9.29. The summed E-state index contributed by atoms with van der Waals surface area (Å²) in [5.74, 6) is 0.238. The molecule has 1 aliphatic rings. The molecule has 3 aromatic rings. The van der Waals surface area contributed by atoms with Crippen molar-refractivity contribution in [1.29, 1.82) is 0 Å². The van der Waals surface area contributed by atoms with Gasteiger partial charge in [0.15, 0.2) is 5.78 Å². The number of hydrogen-bond donors (Lipinski definition) is 0. The molecule has 0 spiro atoms. The van der Waals surface area contributed by atoms with Crippen molar-refractivity contribution in [2.45, 2.75) is 13.3 Å². The summed E-state index contributed by atoms with van der Waals surface area (Å²) in [6.45, 7) is 6.35. The third-order valence-corrected chi connectivity index (χ3v) is 6.07. The lowest BCUT2D eigenvalue weighted by atomic mass is 10.0. The molecule has 4 rings (SSSR count). The van der Waals surface area contributed by atoms with E-state index in [2.05, 4.69) is 48.2 Å². The first-order chi connectivity index (χ1) is 11.7. The minimum Gasteiger partial charge on any atom is -0.379 e. The van der Waals surface area contributed by atoms with Crippen molar-refractivity contribution >= 4 is 37.3 Å². The number of rotatable bonds is 4. The van der Waals surface area contributed by atoms with E-state index in [0.717, 1.165) is 38.4 Å². The van der Waals surface area contributed by atoms with Gasteiger partial charge < -0.3 is 4.74 Å². The first kappa shape index (κ1) is 15.8. The molecule has 0 amide bonds. The molecule has 1 aliphatic heterocycles. The number of benzene rings is 2. The quantitative estimate of drug-likeness (QED) is 0.665. The van der Waals surface area contributed by atoms with Crippen LogP contribution in [0.25, 0.3) is 20.2 Å². The van der Waals surface area contributed by atoms with E-state index in [4.69, 9.17) is 4.74 Å². The summed E-state index contributed by atoms with van der Waals surface area (Å²) < 4.78 is 7.94. The third kappa shape index (κ3) is 2.97. The first-order valence-electron chi connectivity index (χ1n) is 8.47. The van der Waals surface area contributed by atoms with Gasteiger partial charge in [-0.25, -0.2) is 0 Å². The SMILES string of the molecule is Cc1cc(C(=O)CCN2CCOCC2)cc2c1sc1ccccc12. The Labute approximate surface area is 145 Å². The Morgan fingerprint density at radius 2 is 1.96 bits per heavy atom. The van der Waals surface area contributed by atoms with E-state index < -0.39 is 0 Å². The molecule has 1 fully saturated rings. The molecular weight excluding hydrogens is 318 g/mol. The second-order valence-electron chi connectivity index (χ2n) is 6.40. The van der Waals surface area contributed by atoms with E-state index in [9.17, 15) is 4.79 Å². The van der Waals surface area contributed by atoms with Gasteiger partial charge in [0.25, 0.3) is 0 Å². The van der Waals surface area contributed by atoms with Gasteiger partial charge in [0.2, 0.25) is 0 Å². The van der Waals surface area contributed by atoms with Gasteiger partial charge in [-0.3, -0.25) is 9.69 Å². The molecule has 2 heterocycles. The number of aryl methyl sites for hydroxylation is 1. The molecule has 0 atom stereocenters. The lowest BCUT2D eigenvalue weighted by Crippen LogP contribution is -2.37. The molecule has 0 radical (unpaired) electrons. The van der Waals surface area contributed by atoms with Crippen molar-refractivity contribution in [2.24, 2.45) is 0 Å². The zero-order chi connectivity index (χ0) is 16.5. The molecule has 0 unspecified atom stereocenters. The smallest absolute Gasteiger partial charge is 0.164 e. The van der Waals surface area contributed by atoms with Crippen LogP contribution in [0.4, 0.5) is 0 Å².